The lowest BCUT2D eigenvalue weighted by atomic mass is 10.1. The Labute approximate surface area is 122 Å². The molecule has 0 spiro atoms. The van der Waals surface area contributed by atoms with Gasteiger partial charge in [-0.05, 0) is 32.4 Å². The second-order valence-electron chi connectivity index (χ2n) is 5.49. The maximum Gasteiger partial charge on any atom is 0.295 e. The summed E-state index contributed by atoms with van der Waals surface area (Å²) < 4.78 is 38.3. The fourth-order valence-corrected chi connectivity index (χ4v) is 2.89. The zero-order valence-corrected chi connectivity index (χ0v) is 13.0. The Morgan fingerprint density at radius 1 is 1.38 bits per heavy atom. The molecule has 1 aromatic carbocycles. The lowest BCUT2D eigenvalue weighted by Crippen LogP contribution is -2.47. The average Bonchev–Trinajstić information content (AvgIpc) is 2.26. The molecule has 0 aromatic heterocycles. The zero-order chi connectivity index (χ0) is 16.4. The molecule has 0 unspecified atom stereocenters. The van der Waals surface area contributed by atoms with Crippen molar-refractivity contribution < 1.29 is 17.7 Å². The molecule has 0 aliphatic carbocycles. The molecule has 118 valence electrons. The fourth-order valence-electron chi connectivity index (χ4n) is 1.82. The molecule has 7 nitrogen and oxygen atoms in total. The summed E-state index contributed by atoms with van der Waals surface area (Å²) in [5.74, 6) is -0.666. The van der Waals surface area contributed by atoms with Gasteiger partial charge in [0.2, 0.25) is 10.0 Å². The van der Waals surface area contributed by atoms with Crippen molar-refractivity contribution in [2.24, 2.45) is 0 Å². The fraction of sp³-hybridized carbons (Fsp3) is 0.500. The Morgan fingerprint density at radius 2 is 1.95 bits per heavy atom. The van der Waals surface area contributed by atoms with Crippen LogP contribution in [-0.4, -0.2) is 31.7 Å². The molecule has 9 heteroatoms. The lowest BCUT2D eigenvalue weighted by molar-refractivity contribution is -0.384. The SMILES string of the molecule is Cc1cc(NCC(C)(C)NS(C)(=O)=O)c([N+](=O)[O-])cc1F. The van der Waals surface area contributed by atoms with Crippen LogP contribution in [0.25, 0.3) is 0 Å². The third kappa shape index (κ3) is 5.27. The van der Waals surface area contributed by atoms with Gasteiger partial charge in [0.05, 0.1) is 17.2 Å². The van der Waals surface area contributed by atoms with Crippen LogP contribution in [0.4, 0.5) is 15.8 Å². The van der Waals surface area contributed by atoms with Crippen LogP contribution in [0, 0.1) is 22.9 Å². The highest BCUT2D eigenvalue weighted by Gasteiger charge is 2.24. The Kier molecular flexibility index (Phi) is 4.90. The maximum absolute atomic E-state index is 13.4. The molecule has 0 saturated heterocycles. The van der Waals surface area contributed by atoms with Crippen LogP contribution in [0.15, 0.2) is 12.1 Å². The quantitative estimate of drug-likeness (QED) is 0.615. The van der Waals surface area contributed by atoms with Gasteiger partial charge in [0, 0.05) is 12.1 Å². The number of nitrogens with one attached hydrogen (secondary N) is 2. The van der Waals surface area contributed by atoms with Crippen LogP contribution in [0.1, 0.15) is 19.4 Å². The normalized spacial score (nSPS) is 12.2. The van der Waals surface area contributed by atoms with Gasteiger partial charge in [0.15, 0.2) is 0 Å². The molecule has 2 N–H and O–H groups in total. The molecule has 0 radical (unpaired) electrons. The topological polar surface area (TPSA) is 101 Å². The molecule has 21 heavy (non-hydrogen) atoms. The summed E-state index contributed by atoms with van der Waals surface area (Å²) in [6, 6.07) is 2.17. The van der Waals surface area contributed by atoms with E-state index in [1.54, 1.807) is 13.8 Å². The molecule has 0 amide bonds. The maximum atomic E-state index is 13.4. The van der Waals surface area contributed by atoms with Crippen molar-refractivity contribution >= 4 is 21.4 Å². The molecule has 0 aliphatic heterocycles. The van der Waals surface area contributed by atoms with Gasteiger partial charge in [-0.25, -0.2) is 17.5 Å². The van der Waals surface area contributed by atoms with Crippen molar-refractivity contribution in [1.29, 1.82) is 0 Å². The number of benzene rings is 1. The van der Waals surface area contributed by atoms with Crippen molar-refractivity contribution in [2.45, 2.75) is 26.3 Å². The number of nitrogens with zero attached hydrogens (tertiary/aromatic N) is 1. The highest BCUT2D eigenvalue weighted by Crippen LogP contribution is 2.27. The molecule has 0 bridgehead atoms. The van der Waals surface area contributed by atoms with E-state index in [-0.39, 0.29) is 17.8 Å². The smallest absolute Gasteiger partial charge is 0.295 e. The number of aryl methyl sites for hydroxylation is 1. The van der Waals surface area contributed by atoms with Gasteiger partial charge < -0.3 is 5.32 Å². The van der Waals surface area contributed by atoms with Crippen LogP contribution >= 0.6 is 0 Å². The van der Waals surface area contributed by atoms with E-state index in [9.17, 15) is 22.9 Å². The predicted octanol–water partition coefficient (Wildman–Crippen LogP) is 1.78. The van der Waals surface area contributed by atoms with Crippen LogP contribution in [0.5, 0.6) is 0 Å². The third-order valence-corrected chi connectivity index (χ3v) is 3.58. The highest BCUT2D eigenvalue weighted by atomic mass is 32.2. The van der Waals surface area contributed by atoms with Crippen LogP contribution < -0.4 is 10.0 Å². The molecule has 0 atom stereocenters. The summed E-state index contributed by atoms with van der Waals surface area (Å²) in [6.45, 7) is 4.85. The minimum atomic E-state index is -3.41. The van der Waals surface area contributed by atoms with Crippen molar-refractivity contribution in [3.8, 4) is 0 Å². The van der Waals surface area contributed by atoms with Crippen LogP contribution in [0.3, 0.4) is 0 Å². The molecular weight excluding hydrogens is 301 g/mol. The number of halogens is 1. The first kappa shape index (κ1) is 17.3. The van der Waals surface area contributed by atoms with E-state index in [0.717, 1.165) is 12.3 Å². The third-order valence-electron chi connectivity index (χ3n) is 2.66. The van der Waals surface area contributed by atoms with E-state index >= 15 is 0 Å². The van der Waals surface area contributed by atoms with Crippen LogP contribution in [0.2, 0.25) is 0 Å². The van der Waals surface area contributed by atoms with E-state index in [1.807, 2.05) is 0 Å². The first-order chi connectivity index (χ1) is 9.41. The van der Waals surface area contributed by atoms with Gasteiger partial charge >= 0.3 is 0 Å². The van der Waals surface area contributed by atoms with Crippen molar-refractivity contribution in [3.63, 3.8) is 0 Å². The Hall–Kier alpha value is -1.74. The van der Waals surface area contributed by atoms with E-state index in [1.165, 1.54) is 13.0 Å². The number of nitro benzene ring substituents is 1. The summed E-state index contributed by atoms with van der Waals surface area (Å²) in [5, 5.41) is 13.7. The number of rotatable bonds is 6. The second kappa shape index (κ2) is 5.94. The Balaban J connectivity index is 2.98. The number of sulfonamides is 1. The van der Waals surface area contributed by atoms with Crippen molar-refractivity contribution in [3.05, 3.63) is 33.6 Å². The van der Waals surface area contributed by atoms with Gasteiger partial charge in [-0.15, -0.1) is 0 Å². The predicted molar refractivity (Wildman–Crippen MR) is 78.3 cm³/mol. The lowest BCUT2D eigenvalue weighted by Gasteiger charge is -2.25. The van der Waals surface area contributed by atoms with E-state index < -0.39 is 32.0 Å². The minimum absolute atomic E-state index is 0.103. The number of nitro groups is 1. The molecule has 0 aliphatic rings. The first-order valence-electron chi connectivity index (χ1n) is 6.09. The molecule has 0 heterocycles. The van der Waals surface area contributed by atoms with Crippen molar-refractivity contribution in [1.82, 2.24) is 4.72 Å². The van der Waals surface area contributed by atoms with Crippen LogP contribution in [-0.2, 0) is 10.0 Å². The van der Waals surface area contributed by atoms with Gasteiger partial charge in [0.1, 0.15) is 11.5 Å². The monoisotopic (exact) mass is 319 g/mol. The Morgan fingerprint density at radius 3 is 2.43 bits per heavy atom. The van der Waals surface area contributed by atoms with E-state index in [2.05, 4.69) is 10.0 Å². The summed E-state index contributed by atoms with van der Waals surface area (Å²) in [5.41, 5.74) is -0.850. The average molecular weight is 319 g/mol. The standard InChI is InChI=1S/C12H18FN3O4S/c1-8-5-10(11(16(17)18)6-9(8)13)14-7-12(2,3)15-21(4,19)20/h5-6,14-15H,7H2,1-4H3. The molecule has 1 rings (SSSR count). The minimum Gasteiger partial charge on any atom is -0.378 e. The highest BCUT2D eigenvalue weighted by molar-refractivity contribution is 7.88. The van der Waals surface area contributed by atoms with Gasteiger partial charge in [-0.1, -0.05) is 0 Å². The second-order valence-corrected chi connectivity index (χ2v) is 7.24. The van der Waals surface area contributed by atoms with Crippen molar-refractivity contribution in [2.75, 3.05) is 18.1 Å². The number of hydrogen-bond donors (Lipinski definition) is 2. The zero-order valence-electron chi connectivity index (χ0n) is 12.2. The molecule has 0 fully saturated rings. The number of hydrogen-bond acceptors (Lipinski definition) is 5. The Bertz CT molecular complexity index is 659. The first-order valence-corrected chi connectivity index (χ1v) is 7.98. The van der Waals surface area contributed by atoms with E-state index in [4.69, 9.17) is 0 Å². The summed E-state index contributed by atoms with van der Waals surface area (Å²) in [6.07, 6.45) is 1.03. The van der Waals surface area contributed by atoms with Gasteiger partial charge in [-0.3, -0.25) is 10.1 Å². The van der Waals surface area contributed by atoms with Gasteiger partial charge in [-0.2, -0.15) is 0 Å². The number of anilines is 1. The largest absolute Gasteiger partial charge is 0.378 e. The van der Waals surface area contributed by atoms with E-state index in [0.29, 0.717) is 0 Å². The summed E-state index contributed by atoms with van der Waals surface area (Å²) in [7, 11) is -3.41. The molecular formula is C12H18FN3O4S. The van der Waals surface area contributed by atoms with Gasteiger partial charge in [0.25, 0.3) is 5.69 Å². The summed E-state index contributed by atoms with van der Waals surface area (Å²) in [4.78, 5) is 10.2. The summed E-state index contributed by atoms with van der Waals surface area (Å²) >= 11 is 0. The molecule has 0 saturated carbocycles. The molecule has 1 aromatic rings.